The molecule has 1 amide bonds. The smallest absolute Gasteiger partial charge is 0.224 e. The Bertz CT molecular complexity index is 745. The fourth-order valence-corrected chi connectivity index (χ4v) is 2.50. The zero-order chi connectivity index (χ0) is 18.2. The van der Waals surface area contributed by atoms with Crippen molar-refractivity contribution in [2.24, 2.45) is 5.73 Å². The molecule has 0 saturated heterocycles. The number of ether oxygens (including phenoxy) is 1. The maximum Gasteiger partial charge on any atom is 0.224 e. The fourth-order valence-electron chi connectivity index (χ4n) is 2.27. The van der Waals surface area contributed by atoms with E-state index in [0.717, 1.165) is 11.3 Å². The summed E-state index contributed by atoms with van der Waals surface area (Å²) in [7, 11) is 0. The number of halogens is 1. The molecule has 5 nitrogen and oxygen atoms in total. The summed E-state index contributed by atoms with van der Waals surface area (Å²) in [6.45, 7) is 2.34. The highest BCUT2D eigenvalue weighted by Gasteiger charge is 2.06. The van der Waals surface area contributed by atoms with E-state index in [9.17, 15) is 9.59 Å². The molecule has 2 rings (SSSR count). The monoisotopic (exact) mass is 360 g/mol. The molecule has 0 aliphatic heterocycles. The topological polar surface area (TPSA) is 81.4 Å². The predicted octanol–water partition coefficient (Wildman–Crippen LogP) is 3.59. The molecule has 0 bridgehead atoms. The standard InChI is InChI=1S/C19H21ClN2O3/c1-13-11-15(20)6-9-18(13)25-10-2-3-19(24)22-16-7-4-14(5-8-16)17(23)12-21/h4-9,11H,2-3,10,12,21H2,1H3,(H,22,24). The van der Waals surface area contributed by atoms with Crippen molar-refractivity contribution in [1.29, 1.82) is 0 Å². The summed E-state index contributed by atoms with van der Waals surface area (Å²) in [4.78, 5) is 23.4. The summed E-state index contributed by atoms with van der Waals surface area (Å²) in [5, 5.41) is 3.46. The van der Waals surface area contributed by atoms with E-state index >= 15 is 0 Å². The van der Waals surface area contributed by atoms with Crippen LogP contribution in [0.2, 0.25) is 5.02 Å². The third-order valence-electron chi connectivity index (χ3n) is 3.62. The van der Waals surface area contributed by atoms with Crippen LogP contribution in [-0.2, 0) is 4.79 Å². The highest BCUT2D eigenvalue weighted by molar-refractivity contribution is 6.30. The quantitative estimate of drug-likeness (QED) is 0.556. The lowest BCUT2D eigenvalue weighted by Crippen LogP contribution is -2.14. The minimum absolute atomic E-state index is 0.0290. The van der Waals surface area contributed by atoms with Gasteiger partial charge in [0.2, 0.25) is 5.91 Å². The molecule has 0 heterocycles. The molecule has 0 unspecified atom stereocenters. The lowest BCUT2D eigenvalue weighted by atomic mass is 10.1. The summed E-state index contributed by atoms with van der Waals surface area (Å²) in [6, 6.07) is 12.1. The first kappa shape index (κ1) is 19.0. The first-order chi connectivity index (χ1) is 12.0. The van der Waals surface area contributed by atoms with E-state index < -0.39 is 0 Å². The van der Waals surface area contributed by atoms with Crippen molar-refractivity contribution in [3.8, 4) is 5.75 Å². The van der Waals surface area contributed by atoms with E-state index in [1.165, 1.54) is 0 Å². The second kappa shape index (κ2) is 9.20. The SMILES string of the molecule is Cc1cc(Cl)ccc1OCCCC(=O)Nc1ccc(C(=O)CN)cc1. The van der Waals surface area contributed by atoms with Crippen molar-refractivity contribution in [1.82, 2.24) is 0 Å². The molecular formula is C19H21ClN2O3. The van der Waals surface area contributed by atoms with Gasteiger partial charge in [0.25, 0.3) is 0 Å². The van der Waals surface area contributed by atoms with Gasteiger partial charge in [0, 0.05) is 22.7 Å². The summed E-state index contributed by atoms with van der Waals surface area (Å²) >= 11 is 5.90. The number of rotatable bonds is 8. The molecule has 0 atom stereocenters. The van der Waals surface area contributed by atoms with E-state index in [2.05, 4.69) is 5.32 Å². The Balaban J connectivity index is 1.74. The van der Waals surface area contributed by atoms with Crippen LogP contribution in [0.1, 0.15) is 28.8 Å². The van der Waals surface area contributed by atoms with Crippen LogP contribution in [0.4, 0.5) is 5.69 Å². The zero-order valence-corrected chi connectivity index (χ0v) is 14.8. The Morgan fingerprint density at radius 3 is 2.52 bits per heavy atom. The average Bonchev–Trinajstić information content (AvgIpc) is 2.60. The molecular weight excluding hydrogens is 340 g/mol. The molecule has 0 saturated carbocycles. The van der Waals surface area contributed by atoms with Crippen molar-refractivity contribution in [3.05, 3.63) is 58.6 Å². The van der Waals surface area contributed by atoms with Crippen LogP contribution in [0, 0.1) is 6.92 Å². The summed E-state index contributed by atoms with van der Waals surface area (Å²) < 4.78 is 5.66. The lowest BCUT2D eigenvalue weighted by molar-refractivity contribution is -0.116. The Labute approximate surface area is 152 Å². The number of Topliss-reactive ketones (excluding diaryl/α,β-unsaturated/α-hetero) is 1. The number of ketones is 1. The Kier molecular flexibility index (Phi) is 6.98. The molecule has 0 spiro atoms. The van der Waals surface area contributed by atoms with Crippen molar-refractivity contribution in [2.45, 2.75) is 19.8 Å². The molecule has 25 heavy (non-hydrogen) atoms. The summed E-state index contributed by atoms with van der Waals surface area (Å²) in [6.07, 6.45) is 0.938. The highest BCUT2D eigenvalue weighted by atomic mass is 35.5. The lowest BCUT2D eigenvalue weighted by Gasteiger charge is -2.09. The van der Waals surface area contributed by atoms with Crippen LogP contribution in [0.3, 0.4) is 0 Å². The minimum atomic E-state index is -0.132. The second-order valence-electron chi connectivity index (χ2n) is 5.61. The van der Waals surface area contributed by atoms with Crippen LogP contribution in [0.15, 0.2) is 42.5 Å². The summed E-state index contributed by atoms with van der Waals surface area (Å²) in [5.41, 5.74) is 7.45. The van der Waals surface area contributed by atoms with E-state index in [-0.39, 0.29) is 18.2 Å². The highest BCUT2D eigenvalue weighted by Crippen LogP contribution is 2.22. The third-order valence-corrected chi connectivity index (χ3v) is 3.85. The molecule has 0 radical (unpaired) electrons. The largest absolute Gasteiger partial charge is 0.493 e. The first-order valence-corrected chi connectivity index (χ1v) is 8.39. The van der Waals surface area contributed by atoms with Crippen molar-refractivity contribution < 1.29 is 14.3 Å². The maximum absolute atomic E-state index is 11.9. The number of hydrogen-bond donors (Lipinski definition) is 2. The predicted molar refractivity (Wildman–Crippen MR) is 99.4 cm³/mol. The fraction of sp³-hybridized carbons (Fsp3) is 0.263. The normalized spacial score (nSPS) is 10.4. The van der Waals surface area contributed by atoms with Crippen molar-refractivity contribution >= 4 is 29.0 Å². The molecule has 6 heteroatoms. The Hall–Kier alpha value is -2.37. The zero-order valence-electron chi connectivity index (χ0n) is 14.0. The third kappa shape index (κ3) is 5.89. The molecule has 3 N–H and O–H groups in total. The van der Waals surface area contributed by atoms with Crippen LogP contribution in [-0.4, -0.2) is 24.8 Å². The molecule has 0 fully saturated rings. The van der Waals surface area contributed by atoms with E-state index in [1.54, 1.807) is 30.3 Å². The average molecular weight is 361 g/mol. The van der Waals surface area contributed by atoms with Gasteiger partial charge < -0.3 is 15.8 Å². The maximum atomic E-state index is 11.9. The number of amides is 1. The second-order valence-corrected chi connectivity index (χ2v) is 6.05. The van der Waals surface area contributed by atoms with Gasteiger partial charge in [-0.25, -0.2) is 0 Å². The van der Waals surface area contributed by atoms with E-state index in [1.807, 2.05) is 19.1 Å². The van der Waals surface area contributed by atoms with Crippen LogP contribution in [0.5, 0.6) is 5.75 Å². The molecule has 0 aliphatic rings. The van der Waals surface area contributed by atoms with E-state index in [0.29, 0.717) is 35.7 Å². The molecule has 2 aromatic rings. The number of benzene rings is 2. The van der Waals surface area contributed by atoms with Gasteiger partial charge in [-0.2, -0.15) is 0 Å². The number of nitrogens with two attached hydrogens (primary N) is 1. The van der Waals surface area contributed by atoms with Gasteiger partial charge in [-0.1, -0.05) is 11.6 Å². The van der Waals surface area contributed by atoms with Gasteiger partial charge in [-0.05, 0) is 61.4 Å². The number of hydrogen-bond acceptors (Lipinski definition) is 4. The van der Waals surface area contributed by atoms with Gasteiger partial charge in [0.05, 0.1) is 13.2 Å². The molecule has 132 valence electrons. The van der Waals surface area contributed by atoms with Crippen molar-refractivity contribution in [3.63, 3.8) is 0 Å². The van der Waals surface area contributed by atoms with Gasteiger partial charge >= 0.3 is 0 Å². The number of carbonyl (C=O) groups excluding carboxylic acids is 2. The Morgan fingerprint density at radius 1 is 1.16 bits per heavy atom. The number of carbonyl (C=O) groups is 2. The van der Waals surface area contributed by atoms with E-state index in [4.69, 9.17) is 22.1 Å². The molecule has 2 aromatic carbocycles. The number of aryl methyl sites for hydroxylation is 1. The van der Waals surface area contributed by atoms with Crippen LogP contribution >= 0.6 is 11.6 Å². The molecule has 0 aliphatic carbocycles. The number of anilines is 1. The minimum Gasteiger partial charge on any atom is -0.493 e. The van der Waals surface area contributed by atoms with Crippen LogP contribution in [0.25, 0.3) is 0 Å². The molecule has 0 aromatic heterocycles. The first-order valence-electron chi connectivity index (χ1n) is 8.01. The Morgan fingerprint density at radius 2 is 1.88 bits per heavy atom. The summed E-state index contributed by atoms with van der Waals surface area (Å²) in [5.74, 6) is 0.534. The van der Waals surface area contributed by atoms with Gasteiger partial charge in [0.15, 0.2) is 5.78 Å². The number of nitrogens with one attached hydrogen (secondary N) is 1. The van der Waals surface area contributed by atoms with Crippen molar-refractivity contribution in [2.75, 3.05) is 18.5 Å². The van der Waals surface area contributed by atoms with Crippen LogP contribution < -0.4 is 15.8 Å². The van der Waals surface area contributed by atoms with Gasteiger partial charge in [0.1, 0.15) is 5.75 Å². The van der Waals surface area contributed by atoms with Gasteiger partial charge in [-0.3, -0.25) is 9.59 Å². The van der Waals surface area contributed by atoms with Gasteiger partial charge in [-0.15, -0.1) is 0 Å².